The van der Waals surface area contributed by atoms with E-state index in [9.17, 15) is 14.4 Å². The van der Waals surface area contributed by atoms with Crippen LogP contribution in [0.3, 0.4) is 0 Å². The Bertz CT molecular complexity index is 844. The molecule has 1 amide bonds. The van der Waals surface area contributed by atoms with Gasteiger partial charge in [-0.05, 0) is 48.9 Å². The molecule has 0 atom stereocenters. The van der Waals surface area contributed by atoms with Crippen LogP contribution in [-0.4, -0.2) is 38.5 Å². The highest BCUT2D eigenvalue weighted by molar-refractivity contribution is 6.00. The van der Waals surface area contributed by atoms with Crippen LogP contribution >= 0.6 is 0 Å². The number of nitrogens with one attached hydrogen (secondary N) is 1. The number of carbonyl (C=O) groups is 3. The van der Waals surface area contributed by atoms with Crippen LogP contribution in [0.1, 0.15) is 40.5 Å². The van der Waals surface area contributed by atoms with Gasteiger partial charge >= 0.3 is 5.97 Å². The molecule has 2 rings (SSSR count). The molecule has 0 aromatic heterocycles. The van der Waals surface area contributed by atoms with Crippen molar-refractivity contribution in [3.8, 4) is 11.5 Å². The molecule has 0 aliphatic carbocycles. The molecule has 0 saturated carbocycles. The van der Waals surface area contributed by atoms with E-state index >= 15 is 0 Å². The van der Waals surface area contributed by atoms with Crippen molar-refractivity contribution in [3.05, 3.63) is 53.6 Å². The minimum absolute atomic E-state index is 0.0783. The lowest BCUT2D eigenvalue weighted by molar-refractivity contribution is -0.116. The first kappa shape index (κ1) is 21.0. The third kappa shape index (κ3) is 5.57. The van der Waals surface area contributed by atoms with E-state index < -0.39 is 12.6 Å². The molecular formula is C21H23NO6. The second-order valence-electron chi connectivity index (χ2n) is 5.94. The van der Waals surface area contributed by atoms with Gasteiger partial charge in [0.15, 0.2) is 23.9 Å². The second kappa shape index (κ2) is 10.1. The summed E-state index contributed by atoms with van der Waals surface area (Å²) in [5.41, 5.74) is 1.24. The number of hydrogen-bond acceptors (Lipinski definition) is 6. The van der Waals surface area contributed by atoms with E-state index in [4.69, 9.17) is 14.2 Å². The summed E-state index contributed by atoms with van der Waals surface area (Å²) in [6.45, 7) is 1.53. The number of anilines is 1. The molecule has 0 aliphatic heterocycles. The molecule has 0 spiro atoms. The molecule has 0 fully saturated rings. The van der Waals surface area contributed by atoms with Crippen molar-refractivity contribution in [1.82, 2.24) is 0 Å². The number of Topliss-reactive ketones (excluding diaryl/α,β-unsaturated/α-hetero) is 1. The largest absolute Gasteiger partial charge is 0.493 e. The molecule has 2 aromatic carbocycles. The number of ether oxygens (including phenoxy) is 3. The third-order valence-corrected chi connectivity index (χ3v) is 3.92. The molecule has 2 aromatic rings. The maximum atomic E-state index is 12.2. The van der Waals surface area contributed by atoms with Crippen LogP contribution in [0, 0.1) is 0 Å². The lowest BCUT2D eigenvalue weighted by Gasteiger charge is -2.09. The average molecular weight is 385 g/mol. The average Bonchev–Trinajstić information content (AvgIpc) is 2.71. The number of carbonyl (C=O) groups excluding carboxylic acids is 3. The maximum Gasteiger partial charge on any atom is 0.338 e. The Morgan fingerprint density at radius 1 is 0.893 bits per heavy atom. The van der Waals surface area contributed by atoms with Crippen molar-refractivity contribution in [1.29, 1.82) is 0 Å². The molecule has 0 bridgehead atoms. The van der Waals surface area contributed by atoms with E-state index in [0.717, 1.165) is 6.42 Å². The predicted octanol–water partition coefficient (Wildman–Crippen LogP) is 3.48. The van der Waals surface area contributed by atoms with Crippen molar-refractivity contribution >= 4 is 23.3 Å². The van der Waals surface area contributed by atoms with Crippen LogP contribution in [0.2, 0.25) is 0 Å². The third-order valence-electron chi connectivity index (χ3n) is 3.92. The van der Waals surface area contributed by atoms with Crippen molar-refractivity contribution < 1.29 is 28.6 Å². The second-order valence-corrected chi connectivity index (χ2v) is 5.94. The number of esters is 1. The SMILES string of the molecule is CCCC(=O)Nc1ccc(C(=O)COC(=O)c2ccc(OC)c(OC)c2)cc1. The monoisotopic (exact) mass is 385 g/mol. The zero-order chi connectivity index (χ0) is 20.5. The quantitative estimate of drug-likeness (QED) is 0.525. The Morgan fingerprint density at radius 2 is 1.54 bits per heavy atom. The van der Waals surface area contributed by atoms with Crippen LogP contribution in [-0.2, 0) is 9.53 Å². The number of amides is 1. The van der Waals surface area contributed by atoms with E-state index in [-0.39, 0.29) is 17.3 Å². The van der Waals surface area contributed by atoms with E-state index in [1.54, 1.807) is 30.3 Å². The van der Waals surface area contributed by atoms with Crippen molar-refractivity contribution in [2.45, 2.75) is 19.8 Å². The summed E-state index contributed by atoms with van der Waals surface area (Å²) >= 11 is 0. The Hall–Kier alpha value is -3.35. The van der Waals surface area contributed by atoms with Gasteiger partial charge in [-0.2, -0.15) is 0 Å². The van der Waals surface area contributed by atoms with E-state index in [0.29, 0.717) is 29.2 Å². The van der Waals surface area contributed by atoms with Crippen molar-refractivity contribution in [2.75, 3.05) is 26.1 Å². The first-order valence-corrected chi connectivity index (χ1v) is 8.80. The molecule has 0 radical (unpaired) electrons. The molecule has 0 aliphatic rings. The lowest BCUT2D eigenvalue weighted by atomic mass is 10.1. The summed E-state index contributed by atoms with van der Waals surface area (Å²) in [4.78, 5) is 36.0. The molecular weight excluding hydrogens is 362 g/mol. The summed E-state index contributed by atoms with van der Waals surface area (Å²) in [6, 6.07) is 11.0. The Balaban J connectivity index is 1.94. The molecule has 7 nitrogen and oxygen atoms in total. The highest BCUT2D eigenvalue weighted by Crippen LogP contribution is 2.27. The van der Waals surface area contributed by atoms with Gasteiger partial charge in [-0.25, -0.2) is 4.79 Å². The molecule has 148 valence electrons. The molecule has 0 heterocycles. The van der Waals surface area contributed by atoms with Crippen LogP contribution in [0.15, 0.2) is 42.5 Å². The number of ketones is 1. The lowest BCUT2D eigenvalue weighted by Crippen LogP contribution is -2.15. The van der Waals surface area contributed by atoms with E-state index in [1.807, 2.05) is 6.92 Å². The minimum Gasteiger partial charge on any atom is -0.493 e. The summed E-state index contributed by atoms with van der Waals surface area (Å²) in [7, 11) is 2.96. The highest BCUT2D eigenvalue weighted by atomic mass is 16.5. The van der Waals surface area contributed by atoms with Gasteiger partial charge < -0.3 is 19.5 Å². The van der Waals surface area contributed by atoms with Gasteiger partial charge in [0.25, 0.3) is 0 Å². The standard InChI is InChI=1S/C21H23NO6/c1-4-5-20(24)22-16-9-6-14(7-10-16)17(23)13-28-21(25)15-8-11-18(26-2)19(12-15)27-3/h6-12H,4-5,13H2,1-3H3,(H,22,24). The molecule has 0 unspecified atom stereocenters. The summed E-state index contributed by atoms with van der Waals surface area (Å²) in [5, 5.41) is 2.74. The fourth-order valence-corrected chi connectivity index (χ4v) is 2.45. The van der Waals surface area contributed by atoms with Gasteiger partial charge in [0.05, 0.1) is 19.8 Å². The van der Waals surface area contributed by atoms with Gasteiger partial charge in [0.1, 0.15) is 0 Å². The molecule has 1 N–H and O–H groups in total. The van der Waals surface area contributed by atoms with Gasteiger partial charge in [0, 0.05) is 17.7 Å². The van der Waals surface area contributed by atoms with Crippen LogP contribution < -0.4 is 14.8 Å². The van der Waals surface area contributed by atoms with E-state index in [1.165, 1.54) is 26.4 Å². The van der Waals surface area contributed by atoms with Crippen LogP contribution in [0.5, 0.6) is 11.5 Å². The molecule has 7 heteroatoms. The fourth-order valence-electron chi connectivity index (χ4n) is 2.45. The summed E-state index contributed by atoms with van der Waals surface area (Å²) < 4.78 is 15.4. The minimum atomic E-state index is -0.641. The van der Waals surface area contributed by atoms with Gasteiger partial charge in [-0.15, -0.1) is 0 Å². The van der Waals surface area contributed by atoms with Crippen molar-refractivity contribution in [2.24, 2.45) is 0 Å². The zero-order valence-corrected chi connectivity index (χ0v) is 16.1. The first-order chi connectivity index (χ1) is 13.5. The topological polar surface area (TPSA) is 90.9 Å². The summed E-state index contributed by atoms with van der Waals surface area (Å²) in [6.07, 6.45) is 1.20. The molecule has 28 heavy (non-hydrogen) atoms. The van der Waals surface area contributed by atoms with Crippen LogP contribution in [0.4, 0.5) is 5.69 Å². The highest BCUT2D eigenvalue weighted by Gasteiger charge is 2.14. The molecule has 0 saturated heterocycles. The van der Waals surface area contributed by atoms with Crippen molar-refractivity contribution in [3.63, 3.8) is 0 Å². The predicted molar refractivity (Wildman–Crippen MR) is 104 cm³/mol. The van der Waals surface area contributed by atoms with Gasteiger partial charge in [-0.1, -0.05) is 6.92 Å². The number of benzene rings is 2. The summed E-state index contributed by atoms with van der Waals surface area (Å²) in [5.74, 6) is -0.186. The maximum absolute atomic E-state index is 12.2. The zero-order valence-electron chi connectivity index (χ0n) is 16.1. The fraction of sp³-hybridized carbons (Fsp3) is 0.286. The number of rotatable bonds is 9. The normalized spacial score (nSPS) is 10.1. The van der Waals surface area contributed by atoms with Crippen LogP contribution in [0.25, 0.3) is 0 Å². The number of methoxy groups -OCH3 is 2. The van der Waals surface area contributed by atoms with Gasteiger partial charge in [-0.3, -0.25) is 9.59 Å². The Labute approximate surface area is 163 Å². The van der Waals surface area contributed by atoms with E-state index in [2.05, 4.69) is 5.32 Å². The smallest absolute Gasteiger partial charge is 0.338 e. The Kier molecular flexibility index (Phi) is 7.56. The van der Waals surface area contributed by atoms with Gasteiger partial charge in [0.2, 0.25) is 5.91 Å². The Morgan fingerprint density at radius 3 is 2.14 bits per heavy atom. The first-order valence-electron chi connectivity index (χ1n) is 8.80. The number of hydrogen-bond donors (Lipinski definition) is 1.